The van der Waals surface area contributed by atoms with Crippen LogP contribution in [0.5, 0.6) is 11.5 Å². The first-order chi connectivity index (χ1) is 15.5. The molecule has 1 unspecified atom stereocenters. The fourth-order valence-electron chi connectivity index (χ4n) is 5.00. The molecule has 2 aliphatic heterocycles. The molecule has 1 saturated carbocycles. The van der Waals surface area contributed by atoms with E-state index < -0.39 is 17.7 Å². The van der Waals surface area contributed by atoms with Gasteiger partial charge in [-0.05, 0) is 48.1 Å². The minimum Gasteiger partial charge on any atom is -0.507 e. The second-order valence-electron chi connectivity index (χ2n) is 9.03. The lowest BCUT2D eigenvalue weighted by Gasteiger charge is -2.31. The lowest BCUT2D eigenvalue weighted by Crippen LogP contribution is -2.37. The largest absolute Gasteiger partial charge is 0.507 e. The van der Waals surface area contributed by atoms with Gasteiger partial charge < -0.3 is 19.5 Å². The molecule has 0 radical (unpaired) electrons. The fourth-order valence-corrected chi connectivity index (χ4v) is 5.00. The summed E-state index contributed by atoms with van der Waals surface area (Å²) in [5.41, 5.74) is 2.59. The Morgan fingerprint density at radius 2 is 1.69 bits per heavy atom. The number of ketones is 1. The van der Waals surface area contributed by atoms with Crippen LogP contribution in [0.4, 0.5) is 0 Å². The maximum Gasteiger partial charge on any atom is 0.295 e. The van der Waals surface area contributed by atoms with Crippen molar-refractivity contribution in [3.8, 4) is 11.5 Å². The maximum absolute atomic E-state index is 13.2. The third-order valence-electron chi connectivity index (χ3n) is 6.76. The fraction of sp³-hybridized carbons (Fsp3) is 0.385. The molecule has 1 N–H and O–H groups in total. The van der Waals surface area contributed by atoms with Crippen LogP contribution in [0.15, 0.2) is 48.0 Å². The minimum absolute atomic E-state index is 0.00304. The number of nitrogens with zero attached hydrogens (tertiary/aromatic N) is 1. The van der Waals surface area contributed by atoms with Crippen LogP contribution in [0.1, 0.15) is 68.2 Å². The van der Waals surface area contributed by atoms with Gasteiger partial charge in [-0.2, -0.15) is 0 Å². The summed E-state index contributed by atoms with van der Waals surface area (Å²) in [7, 11) is 0. The van der Waals surface area contributed by atoms with E-state index in [-0.39, 0.29) is 24.2 Å². The Balaban J connectivity index is 1.64. The Bertz CT molecular complexity index is 1100. The van der Waals surface area contributed by atoms with Crippen molar-refractivity contribution in [3.05, 3.63) is 64.7 Å². The van der Waals surface area contributed by atoms with Crippen LogP contribution in [-0.2, 0) is 9.59 Å². The van der Waals surface area contributed by atoms with Gasteiger partial charge in [0.2, 0.25) is 6.79 Å². The van der Waals surface area contributed by atoms with Crippen LogP contribution in [0.25, 0.3) is 5.76 Å². The number of benzene rings is 2. The van der Waals surface area contributed by atoms with E-state index >= 15 is 0 Å². The van der Waals surface area contributed by atoms with Crippen LogP contribution in [0, 0.1) is 0 Å². The van der Waals surface area contributed by atoms with E-state index in [2.05, 4.69) is 13.8 Å². The number of fused-ring (bicyclic) bond motifs is 1. The van der Waals surface area contributed by atoms with E-state index in [1.54, 1.807) is 23.1 Å². The highest BCUT2D eigenvalue weighted by atomic mass is 16.7. The van der Waals surface area contributed by atoms with Gasteiger partial charge in [-0.3, -0.25) is 9.59 Å². The van der Waals surface area contributed by atoms with Crippen LogP contribution in [0.3, 0.4) is 0 Å². The van der Waals surface area contributed by atoms with Crippen molar-refractivity contribution in [1.82, 2.24) is 4.90 Å². The average Bonchev–Trinajstić information content (AvgIpc) is 3.53. The molecule has 3 aliphatic rings. The van der Waals surface area contributed by atoms with Gasteiger partial charge in [0.15, 0.2) is 11.5 Å². The van der Waals surface area contributed by atoms with E-state index in [1.807, 2.05) is 24.3 Å². The second kappa shape index (κ2) is 8.01. The summed E-state index contributed by atoms with van der Waals surface area (Å²) in [4.78, 5) is 28.1. The molecule has 0 aromatic heterocycles. The van der Waals surface area contributed by atoms with E-state index in [0.717, 1.165) is 31.2 Å². The highest BCUT2D eigenvalue weighted by Crippen LogP contribution is 2.44. The normalized spacial score (nSPS) is 22.3. The molecule has 0 spiro atoms. The second-order valence-corrected chi connectivity index (χ2v) is 9.03. The molecular weight excluding hydrogens is 406 g/mol. The monoisotopic (exact) mass is 433 g/mol. The van der Waals surface area contributed by atoms with Crippen molar-refractivity contribution < 1.29 is 24.2 Å². The molecule has 0 bridgehead atoms. The van der Waals surface area contributed by atoms with Gasteiger partial charge in [0.25, 0.3) is 11.7 Å². The quantitative estimate of drug-likeness (QED) is 0.422. The molecule has 2 heterocycles. The summed E-state index contributed by atoms with van der Waals surface area (Å²) in [5.74, 6) is 0.131. The number of Topliss-reactive ketones (excluding diaryl/α,β-unsaturated/α-hetero) is 1. The Kier molecular flexibility index (Phi) is 5.16. The number of carbonyl (C=O) groups is 2. The molecule has 1 aliphatic carbocycles. The number of carbonyl (C=O) groups excluding carboxylic acids is 2. The van der Waals surface area contributed by atoms with Crippen molar-refractivity contribution in [2.24, 2.45) is 0 Å². The zero-order valence-corrected chi connectivity index (χ0v) is 18.3. The minimum atomic E-state index is -0.634. The highest BCUT2D eigenvalue weighted by Gasteiger charge is 2.49. The van der Waals surface area contributed by atoms with Gasteiger partial charge in [-0.15, -0.1) is 0 Å². The molecular formula is C26H27NO5. The number of ether oxygens (including phenoxy) is 2. The van der Waals surface area contributed by atoms with Crippen LogP contribution < -0.4 is 9.47 Å². The Labute approximate surface area is 187 Å². The van der Waals surface area contributed by atoms with Crippen molar-refractivity contribution in [2.75, 3.05) is 6.79 Å². The summed E-state index contributed by atoms with van der Waals surface area (Å²) < 4.78 is 10.8. The number of likely N-dealkylation sites (tertiary alicyclic amines) is 1. The summed E-state index contributed by atoms with van der Waals surface area (Å²) in [6.07, 6.45) is 3.82. The van der Waals surface area contributed by atoms with Gasteiger partial charge >= 0.3 is 0 Å². The third-order valence-corrected chi connectivity index (χ3v) is 6.76. The number of aliphatic hydroxyl groups is 1. The SMILES string of the molecule is CC(C)c1ccc(C2/C(=C(/O)c3ccc4c(c3)OCO4)C(=O)C(=O)N2C2CCCC2)cc1. The Morgan fingerprint density at radius 1 is 1.00 bits per heavy atom. The Hall–Kier alpha value is -3.28. The molecule has 2 fully saturated rings. The number of aliphatic hydroxyl groups excluding tert-OH is 1. The predicted molar refractivity (Wildman–Crippen MR) is 119 cm³/mol. The molecule has 2 aromatic rings. The first-order valence-electron chi connectivity index (χ1n) is 11.3. The van der Waals surface area contributed by atoms with Gasteiger partial charge in [-0.1, -0.05) is 51.0 Å². The lowest BCUT2D eigenvalue weighted by atomic mass is 9.92. The first kappa shape index (κ1) is 20.6. The number of amides is 1. The van der Waals surface area contributed by atoms with Gasteiger partial charge in [0.1, 0.15) is 5.76 Å². The first-order valence-corrected chi connectivity index (χ1v) is 11.3. The predicted octanol–water partition coefficient (Wildman–Crippen LogP) is 4.90. The summed E-state index contributed by atoms with van der Waals surface area (Å²) in [6, 6.07) is 12.5. The Morgan fingerprint density at radius 3 is 2.38 bits per heavy atom. The average molecular weight is 434 g/mol. The van der Waals surface area contributed by atoms with Crippen molar-refractivity contribution in [1.29, 1.82) is 0 Å². The van der Waals surface area contributed by atoms with Crippen LogP contribution >= 0.6 is 0 Å². The van der Waals surface area contributed by atoms with Crippen molar-refractivity contribution in [3.63, 3.8) is 0 Å². The standard InChI is InChI=1S/C26H27NO5/c1-15(2)16-7-9-17(10-8-16)23-22(25(29)26(30)27(23)19-5-3-4-6-19)24(28)18-11-12-20-21(13-18)32-14-31-20/h7-13,15,19,23,28H,3-6,14H2,1-2H3/b24-22-. The molecule has 6 nitrogen and oxygen atoms in total. The van der Waals surface area contributed by atoms with Crippen molar-refractivity contribution in [2.45, 2.75) is 57.5 Å². The van der Waals surface area contributed by atoms with E-state index in [9.17, 15) is 14.7 Å². The molecule has 2 aromatic carbocycles. The van der Waals surface area contributed by atoms with Crippen molar-refractivity contribution >= 4 is 17.4 Å². The smallest absolute Gasteiger partial charge is 0.295 e. The van der Waals surface area contributed by atoms with Crippen LogP contribution in [-0.4, -0.2) is 34.5 Å². The molecule has 32 heavy (non-hydrogen) atoms. The van der Waals surface area contributed by atoms with E-state index in [4.69, 9.17) is 9.47 Å². The molecule has 5 rings (SSSR count). The number of hydrogen-bond acceptors (Lipinski definition) is 5. The van der Waals surface area contributed by atoms with Crippen LogP contribution in [0.2, 0.25) is 0 Å². The molecule has 1 amide bonds. The molecule has 1 saturated heterocycles. The number of hydrogen-bond donors (Lipinski definition) is 1. The van der Waals surface area contributed by atoms with Gasteiger partial charge in [-0.25, -0.2) is 0 Å². The summed E-state index contributed by atoms with van der Waals surface area (Å²) in [6.45, 7) is 4.37. The molecule has 1 atom stereocenters. The summed E-state index contributed by atoms with van der Waals surface area (Å²) in [5, 5.41) is 11.3. The third kappa shape index (κ3) is 3.34. The summed E-state index contributed by atoms with van der Waals surface area (Å²) >= 11 is 0. The lowest BCUT2D eigenvalue weighted by molar-refractivity contribution is -0.141. The van der Waals surface area contributed by atoms with Gasteiger partial charge in [0.05, 0.1) is 11.6 Å². The zero-order chi connectivity index (χ0) is 22.4. The zero-order valence-electron chi connectivity index (χ0n) is 18.3. The van der Waals surface area contributed by atoms with E-state index in [1.165, 1.54) is 5.56 Å². The molecule has 166 valence electrons. The molecule has 6 heteroatoms. The highest BCUT2D eigenvalue weighted by molar-refractivity contribution is 6.46. The topological polar surface area (TPSA) is 76.1 Å². The van der Waals surface area contributed by atoms with Gasteiger partial charge in [0, 0.05) is 11.6 Å². The maximum atomic E-state index is 13.2. The number of rotatable bonds is 4. The van der Waals surface area contributed by atoms with E-state index in [0.29, 0.717) is 23.0 Å².